The van der Waals surface area contributed by atoms with Crippen LogP contribution in [-0.4, -0.2) is 32.4 Å². The Hall–Kier alpha value is -1.18. The normalized spacial score (nSPS) is 11.4. The van der Waals surface area contributed by atoms with E-state index < -0.39 is 15.8 Å². The lowest BCUT2D eigenvalue weighted by Crippen LogP contribution is -2.37. The van der Waals surface area contributed by atoms with Gasteiger partial charge >= 0.3 is 0 Å². The van der Waals surface area contributed by atoms with E-state index in [4.69, 9.17) is 17.3 Å². The third-order valence-corrected chi connectivity index (χ3v) is 5.74. The Morgan fingerprint density at radius 1 is 1.04 bits per heavy atom. The van der Waals surface area contributed by atoms with Gasteiger partial charge in [0.2, 0.25) is 10.0 Å². The maximum absolute atomic E-state index is 13.2. The highest BCUT2D eigenvalue weighted by molar-refractivity contribution is 7.88. The van der Waals surface area contributed by atoms with E-state index >= 15 is 0 Å². The minimum absolute atomic E-state index is 0. The summed E-state index contributed by atoms with van der Waals surface area (Å²) in [4.78, 5) is 0. The first-order valence-electron chi connectivity index (χ1n) is 7.58. The highest BCUT2D eigenvalue weighted by Crippen LogP contribution is 2.19. The molecule has 8 heteroatoms. The van der Waals surface area contributed by atoms with E-state index in [9.17, 15) is 12.8 Å². The molecule has 0 aromatic heterocycles. The molecule has 0 heterocycles. The Kier molecular flexibility index (Phi) is 8.82. The summed E-state index contributed by atoms with van der Waals surface area (Å²) in [6.45, 7) is 0.820. The van der Waals surface area contributed by atoms with Crippen LogP contribution in [0.25, 0.3) is 0 Å². The molecule has 0 saturated carbocycles. The second-order valence-electron chi connectivity index (χ2n) is 5.43. The van der Waals surface area contributed by atoms with Crippen molar-refractivity contribution in [3.8, 4) is 0 Å². The minimum atomic E-state index is -3.57. The van der Waals surface area contributed by atoms with Crippen LogP contribution in [0.1, 0.15) is 11.1 Å². The Labute approximate surface area is 159 Å². The number of halogens is 3. The third kappa shape index (κ3) is 6.56. The molecule has 0 amide bonds. The van der Waals surface area contributed by atoms with Gasteiger partial charge in [-0.3, -0.25) is 0 Å². The molecule has 2 aromatic carbocycles. The Balaban J connectivity index is 0.00000312. The summed E-state index contributed by atoms with van der Waals surface area (Å²) >= 11 is 5.72. The van der Waals surface area contributed by atoms with Gasteiger partial charge in [-0.2, -0.15) is 0 Å². The second kappa shape index (κ2) is 10.1. The predicted molar refractivity (Wildman–Crippen MR) is 102 cm³/mol. The molecule has 25 heavy (non-hydrogen) atoms. The average molecular weight is 407 g/mol. The van der Waals surface area contributed by atoms with E-state index in [1.165, 1.54) is 22.5 Å². The van der Waals surface area contributed by atoms with Crippen molar-refractivity contribution in [1.82, 2.24) is 4.31 Å². The van der Waals surface area contributed by atoms with Crippen molar-refractivity contribution in [2.75, 3.05) is 19.6 Å². The lowest BCUT2D eigenvalue weighted by molar-refractivity contribution is 0.421. The fourth-order valence-electron chi connectivity index (χ4n) is 2.36. The molecule has 2 aromatic rings. The van der Waals surface area contributed by atoms with Gasteiger partial charge in [-0.25, -0.2) is 17.1 Å². The smallest absolute Gasteiger partial charge is 0.218 e. The molecule has 0 aliphatic rings. The highest BCUT2D eigenvalue weighted by Gasteiger charge is 2.22. The first-order chi connectivity index (χ1) is 11.4. The first kappa shape index (κ1) is 21.9. The Morgan fingerprint density at radius 3 is 2.32 bits per heavy atom. The van der Waals surface area contributed by atoms with Crippen molar-refractivity contribution in [2.45, 2.75) is 12.2 Å². The van der Waals surface area contributed by atoms with Gasteiger partial charge in [0.25, 0.3) is 0 Å². The lowest BCUT2D eigenvalue weighted by Gasteiger charge is -2.21. The van der Waals surface area contributed by atoms with Crippen LogP contribution in [-0.2, 0) is 22.2 Å². The van der Waals surface area contributed by atoms with Gasteiger partial charge in [-0.1, -0.05) is 48.0 Å². The van der Waals surface area contributed by atoms with Crippen LogP contribution in [0.3, 0.4) is 0 Å². The van der Waals surface area contributed by atoms with Crippen LogP contribution in [0.15, 0.2) is 48.5 Å². The van der Waals surface area contributed by atoms with E-state index in [0.29, 0.717) is 18.5 Å². The topological polar surface area (TPSA) is 63.4 Å². The van der Waals surface area contributed by atoms with Gasteiger partial charge in [-0.15, -0.1) is 12.4 Å². The molecular weight excluding hydrogens is 386 g/mol. The molecule has 0 aliphatic heterocycles. The fourth-order valence-corrected chi connectivity index (χ4v) is 4.10. The molecule has 0 radical (unpaired) electrons. The van der Waals surface area contributed by atoms with Crippen molar-refractivity contribution >= 4 is 34.0 Å². The number of nitrogens with zero attached hydrogens (tertiary/aromatic N) is 1. The summed E-state index contributed by atoms with van der Waals surface area (Å²) in [7, 11) is -3.57. The van der Waals surface area contributed by atoms with Crippen molar-refractivity contribution < 1.29 is 12.8 Å². The molecule has 0 spiro atoms. The maximum atomic E-state index is 13.2. The predicted octanol–water partition coefficient (Wildman–Crippen LogP) is 3.23. The SMILES string of the molecule is Cl.NCCN(CCc1ccccc1)S(=O)(=O)Cc1ccc(F)c(Cl)c1. The zero-order valence-corrected chi connectivity index (χ0v) is 16.0. The Bertz CT molecular complexity index is 773. The first-order valence-corrected chi connectivity index (χ1v) is 9.57. The summed E-state index contributed by atoms with van der Waals surface area (Å²) in [5.74, 6) is -0.803. The van der Waals surface area contributed by atoms with E-state index in [1.807, 2.05) is 30.3 Å². The van der Waals surface area contributed by atoms with Crippen LogP contribution >= 0.6 is 24.0 Å². The number of hydrogen-bond donors (Lipinski definition) is 1. The van der Waals surface area contributed by atoms with Gasteiger partial charge in [0.05, 0.1) is 10.8 Å². The second-order valence-corrected chi connectivity index (χ2v) is 7.80. The van der Waals surface area contributed by atoms with Crippen molar-refractivity contribution in [2.24, 2.45) is 5.73 Å². The average Bonchev–Trinajstić information content (AvgIpc) is 2.55. The number of rotatable bonds is 8. The van der Waals surface area contributed by atoms with Crippen LogP contribution in [0.4, 0.5) is 4.39 Å². The summed E-state index contributed by atoms with van der Waals surface area (Å²) in [5, 5.41) is -0.0858. The third-order valence-electron chi connectivity index (χ3n) is 3.60. The van der Waals surface area contributed by atoms with E-state index in [2.05, 4.69) is 0 Å². The molecular formula is C17H21Cl2FN2O2S. The van der Waals surface area contributed by atoms with Crippen LogP contribution in [0, 0.1) is 5.82 Å². The largest absolute Gasteiger partial charge is 0.329 e. The van der Waals surface area contributed by atoms with E-state index in [1.54, 1.807) is 0 Å². The van der Waals surface area contributed by atoms with Crippen molar-refractivity contribution in [1.29, 1.82) is 0 Å². The van der Waals surface area contributed by atoms with Crippen LogP contribution in [0.2, 0.25) is 5.02 Å². The minimum Gasteiger partial charge on any atom is -0.329 e. The number of benzene rings is 2. The maximum Gasteiger partial charge on any atom is 0.218 e. The van der Waals surface area contributed by atoms with Gasteiger partial charge in [0.1, 0.15) is 5.82 Å². The zero-order valence-electron chi connectivity index (χ0n) is 13.6. The summed E-state index contributed by atoms with van der Waals surface area (Å²) in [6, 6.07) is 13.6. The molecule has 4 nitrogen and oxygen atoms in total. The number of sulfonamides is 1. The molecule has 0 atom stereocenters. The molecule has 2 rings (SSSR count). The quantitative estimate of drug-likeness (QED) is 0.731. The molecule has 0 saturated heterocycles. The van der Waals surface area contributed by atoms with Gasteiger partial charge in [0, 0.05) is 19.6 Å². The van der Waals surface area contributed by atoms with Crippen molar-refractivity contribution in [3.05, 3.63) is 70.5 Å². The molecule has 0 fully saturated rings. The van der Waals surface area contributed by atoms with E-state index in [-0.39, 0.29) is 36.3 Å². The summed E-state index contributed by atoms with van der Waals surface area (Å²) in [5.41, 5.74) is 7.06. The number of nitrogens with two attached hydrogens (primary N) is 1. The molecule has 0 aliphatic carbocycles. The molecule has 0 bridgehead atoms. The van der Waals surface area contributed by atoms with Gasteiger partial charge < -0.3 is 5.73 Å². The standard InChI is InChI=1S/C17H20ClFN2O2S.ClH/c18-16-12-15(6-7-17(16)19)13-24(22,23)21(11-9-20)10-8-14-4-2-1-3-5-14;/h1-7,12H,8-11,13,20H2;1H. The highest BCUT2D eigenvalue weighted by atomic mass is 35.5. The van der Waals surface area contributed by atoms with Gasteiger partial charge in [-0.05, 0) is 29.7 Å². The van der Waals surface area contributed by atoms with Gasteiger partial charge in [0.15, 0.2) is 0 Å². The lowest BCUT2D eigenvalue weighted by atomic mass is 10.1. The molecule has 2 N–H and O–H groups in total. The Morgan fingerprint density at radius 2 is 1.72 bits per heavy atom. The van der Waals surface area contributed by atoms with E-state index in [0.717, 1.165) is 5.56 Å². The van der Waals surface area contributed by atoms with Crippen LogP contribution in [0.5, 0.6) is 0 Å². The number of hydrogen-bond acceptors (Lipinski definition) is 3. The molecule has 138 valence electrons. The summed E-state index contributed by atoms with van der Waals surface area (Å²) in [6.07, 6.45) is 0.601. The zero-order chi connectivity index (χ0) is 17.6. The monoisotopic (exact) mass is 406 g/mol. The van der Waals surface area contributed by atoms with Crippen LogP contribution < -0.4 is 5.73 Å². The summed E-state index contributed by atoms with van der Waals surface area (Å²) < 4.78 is 39.9. The van der Waals surface area contributed by atoms with Crippen molar-refractivity contribution in [3.63, 3.8) is 0 Å². The fraction of sp³-hybridized carbons (Fsp3) is 0.294. The molecule has 0 unspecified atom stereocenters.